The number of thiophene rings is 1. The molecule has 1 atom stereocenters. The fourth-order valence-corrected chi connectivity index (χ4v) is 4.64. The number of ether oxygens (including phenoxy) is 3. The van der Waals surface area contributed by atoms with Gasteiger partial charge in [0.25, 0.3) is 0 Å². The normalized spacial score (nSPS) is 20.0. The molecular formula is C21H25NO4S. The average molecular weight is 388 g/mol. The molecule has 5 nitrogen and oxygen atoms in total. The van der Waals surface area contributed by atoms with E-state index in [0.29, 0.717) is 26.3 Å². The largest absolute Gasteiger partial charge is 0.497 e. The fraction of sp³-hybridized carbons (Fsp3) is 0.476. The number of nitrogens with zero attached hydrogens (tertiary/aromatic N) is 1. The minimum Gasteiger partial charge on any atom is -0.497 e. The summed E-state index contributed by atoms with van der Waals surface area (Å²) in [6.07, 6.45) is 2.21. The molecule has 1 aromatic heterocycles. The average Bonchev–Trinajstić information content (AvgIpc) is 3.39. The first-order valence-electron chi connectivity index (χ1n) is 9.42. The number of hydrogen-bond donors (Lipinski definition) is 0. The summed E-state index contributed by atoms with van der Waals surface area (Å²) in [7, 11) is 1.65. The third-order valence-corrected chi connectivity index (χ3v) is 6.35. The molecule has 0 bridgehead atoms. The lowest BCUT2D eigenvalue weighted by atomic mass is 9.92. The minimum atomic E-state index is -0.458. The van der Waals surface area contributed by atoms with Crippen LogP contribution in [0.4, 0.5) is 0 Å². The molecular weight excluding hydrogens is 362 g/mol. The molecule has 27 heavy (non-hydrogen) atoms. The van der Waals surface area contributed by atoms with E-state index in [-0.39, 0.29) is 11.8 Å². The van der Waals surface area contributed by atoms with Gasteiger partial charge in [0.2, 0.25) is 5.91 Å². The highest BCUT2D eigenvalue weighted by Crippen LogP contribution is 2.34. The maximum Gasteiger partial charge on any atom is 0.230 e. The van der Waals surface area contributed by atoms with Gasteiger partial charge in [0, 0.05) is 30.8 Å². The Hall–Kier alpha value is -1.89. The van der Waals surface area contributed by atoms with Crippen molar-refractivity contribution in [3.05, 3.63) is 52.2 Å². The van der Waals surface area contributed by atoms with E-state index in [1.165, 1.54) is 4.88 Å². The molecule has 3 heterocycles. The molecule has 0 aliphatic carbocycles. The lowest BCUT2D eigenvalue weighted by Gasteiger charge is -2.39. The summed E-state index contributed by atoms with van der Waals surface area (Å²) in [5, 5.41) is 2.06. The minimum absolute atomic E-state index is 0.182. The van der Waals surface area contributed by atoms with E-state index >= 15 is 0 Å². The first-order valence-corrected chi connectivity index (χ1v) is 10.3. The Morgan fingerprint density at radius 3 is 2.48 bits per heavy atom. The first-order chi connectivity index (χ1) is 13.2. The summed E-state index contributed by atoms with van der Waals surface area (Å²) in [6, 6.07) is 12.0. The van der Waals surface area contributed by atoms with Crippen LogP contribution in [0.15, 0.2) is 41.8 Å². The molecule has 1 amide bonds. The molecule has 1 spiro atoms. The van der Waals surface area contributed by atoms with Gasteiger partial charge in [0.15, 0.2) is 5.79 Å². The predicted octanol–water partition coefficient (Wildman–Crippen LogP) is 3.45. The standard InChI is InChI=1S/C21H25NO4S/c1-24-17-6-4-16(5-7-17)19(15-18-3-2-14-27-18)20(23)22-10-8-21(9-11-22)25-12-13-26-21/h2-7,14,19H,8-13,15H2,1H3. The molecule has 144 valence electrons. The van der Waals surface area contributed by atoms with Gasteiger partial charge >= 0.3 is 0 Å². The highest BCUT2D eigenvalue weighted by molar-refractivity contribution is 7.09. The lowest BCUT2D eigenvalue weighted by molar-refractivity contribution is -0.187. The third kappa shape index (κ3) is 4.03. The smallest absolute Gasteiger partial charge is 0.230 e. The summed E-state index contributed by atoms with van der Waals surface area (Å²) >= 11 is 1.70. The molecule has 1 aromatic carbocycles. The predicted molar refractivity (Wildman–Crippen MR) is 104 cm³/mol. The first kappa shape index (κ1) is 18.5. The van der Waals surface area contributed by atoms with Crippen molar-refractivity contribution in [2.45, 2.75) is 31.0 Å². The Bertz CT molecular complexity index is 743. The quantitative estimate of drug-likeness (QED) is 0.788. The topological polar surface area (TPSA) is 48.0 Å². The zero-order chi connectivity index (χ0) is 18.7. The Morgan fingerprint density at radius 1 is 1.19 bits per heavy atom. The van der Waals surface area contributed by atoms with Gasteiger partial charge in [0.1, 0.15) is 5.75 Å². The molecule has 6 heteroatoms. The van der Waals surface area contributed by atoms with E-state index < -0.39 is 5.79 Å². The summed E-state index contributed by atoms with van der Waals surface area (Å²) in [4.78, 5) is 16.6. The van der Waals surface area contributed by atoms with Gasteiger partial charge in [-0.05, 0) is 35.6 Å². The second-order valence-corrected chi connectivity index (χ2v) is 8.07. The van der Waals surface area contributed by atoms with E-state index in [1.54, 1.807) is 18.4 Å². The molecule has 2 aliphatic rings. The molecule has 2 fully saturated rings. The summed E-state index contributed by atoms with van der Waals surface area (Å²) in [5.41, 5.74) is 1.03. The molecule has 0 N–H and O–H groups in total. The zero-order valence-electron chi connectivity index (χ0n) is 15.6. The fourth-order valence-electron chi connectivity index (χ4n) is 3.89. The molecule has 4 rings (SSSR count). The summed E-state index contributed by atoms with van der Waals surface area (Å²) in [6.45, 7) is 2.66. The van der Waals surface area contributed by atoms with Gasteiger partial charge in [-0.15, -0.1) is 11.3 Å². The van der Waals surface area contributed by atoms with Gasteiger partial charge in [-0.25, -0.2) is 0 Å². The van der Waals surface area contributed by atoms with Crippen LogP contribution in [0, 0.1) is 0 Å². The number of rotatable bonds is 5. The number of hydrogen-bond acceptors (Lipinski definition) is 5. The van der Waals surface area contributed by atoms with E-state index in [9.17, 15) is 4.79 Å². The van der Waals surface area contributed by atoms with E-state index in [1.807, 2.05) is 35.2 Å². The second-order valence-electron chi connectivity index (χ2n) is 7.04. The van der Waals surface area contributed by atoms with Crippen molar-refractivity contribution >= 4 is 17.2 Å². The third-order valence-electron chi connectivity index (χ3n) is 5.45. The van der Waals surface area contributed by atoms with Crippen molar-refractivity contribution in [1.82, 2.24) is 4.90 Å². The van der Waals surface area contributed by atoms with Crippen LogP contribution in [-0.2, 0) is 20.7 Å². The van der Waals surface area contributed by atoms with Gasteiger partial charge < -0.3 is 19.1 Å². The van der Waals surface area contributed by atoms with E-state index in [2.05, 4.69) is 11.4 Å². The van der Waals surface area contributed by atoms with Crippen LogP contribution in [0.5, 0.6) is 5.75 Å². The van der Waals surface area contributed by atoms with Crippen LogP contribution in [0.3, 0.4) is 0 Å². The van der Waals surface area contributed by atoms with Gasteiger partial charge in [0.05, 0.1) is 26.2 Å². The van der Waals surface area contributed by atoms with Crippen molar-refractivity contribution in [2.75, 3.05) is 33.4 Å². The van der Waals surface area contributed by atoms with Crippen LogP contribution in [-0.4, -0.2) is 50.0 Å². The number of carbonyl (C=O) groups is 1. The van der Waals surface area contributed by atoms with Crippen molar-refractivity contribution in [2.24, 2.45) is 0 Å². The maximum absolute atomic E-state index is 13.4. The number of benzene rings is 1. The number of carbonyl (C=O) groups excluding carboxylic acids is 1. The van der Waals surface area contributed by atoms with Crippen LogP contribution in [0.1, 0.15) is 29.2 Å². The lowest BCUT2D eigenvalue weighted by Crippen LogP contribution is -2.48. The van der Waals surface area contributed by atoms with Crippen LogP contribution < -0.4 is 4.74 Å². The highest BCUT2D eigenvalue weighted by Gasteiger charge is 2.41. The van der Waals surface area contributed by atoms with Gasteiger partial charge in [-0.1, -0.05) is 18.2 Å². The zero-order valence-corrected chi connectivity index (χ0v) is 16.4. The summed E-state index contributed by atoms with van der Waals surface area (Å²) < 4.78 is 16.8. The van der Waals surface area contributed by atoms with E-state index in [0.717, 1.165) is 30.6 Å². The van der Waals surface area contributed by atoms with Crippen molar-refractivity contribution in [3.63, 3.8) is 0 Å². The molecule has 2 saturated heterocycles. The Morgan fingerprint density at radius 2 is 1.89 bits per heavy atom. The SMILES string of the molecule is COc1ccc(C(Cc2cccs2)C(=O)N2CCC3(CC2)OCCO3)cc1. The molecule has 0 radical (unpaired) electrons. The van der Waals surface area contributed by atoms with Crippen molar-refractivity contribution < 1.29 is 19.0 Å². The van der Waals surface area contributed by atoms with Crippen LogP contribution in [0.2, 0.25) is 0 Å². The maximum atomic E-state index is 13.4. The molecule has 0 saturated carbocycles. The van der Waals surface area contributed by atoms with Crippen molar-refractivity contribution in [3.8, 4) is 5.75 Å². The number of amides is 1. The monoisotopic (exact) mass is 387 g/mol. The van der Waals surface area contributed by atoms with Gasteiger partial charge in [-0.2, -0.15) is 0 Å². The number of likely N-dealkylation sites (tertiary alicyclic amines) is 1. The molecule has 2 aromatic rings. The molecule has 1 unspecified atom stereocenters. The Balaban J connectivity index is 1.51. The number of methoxy groups -OCH3 is 1. The highest BCUT2D eigenvalue weighted by atomic mass is 32.1. The van der Waals surface area contributed by atoms with Crippen molar-refractivity contribution in [1.29, 1.82) is 0 Å². The molecule has 2 aliphatic heterocycles. The van der Waals surface area contributed by atoms with E-state index in [4.69, 9.17) is 14.2 Å². The second kappa shape index (κ2) is 8.00. The van der Waals surface area contributed by atoms with Crippen LogP contribution >= 0.6 is 11.3 Å². The summed E-state index contributed by atoms with van der Waals surface area (Å²) in [5.74, 6) is 0.340. The van der Waals surface area contributed by atoms with Gasteiger partial charge in [-0.3, -0.25) is 4.79 Å². The Kier molecular flexibility index (Phi) is 5.48. The Labute approximate surface area is 163 Å². The number of piperidine rings is 1. The van der Waals surface area contributed by atoms with Crippen LogP contribution in [0.25, 0.3) is 0 Å².